The van der Waals surface area contributed by atoms with Crippen molar-refractivity contribution in [2.24, 2.45) is 11.5 Å². The molecule has 0 aromatic heterocycles. The fraction of sp³-hybridized carbons (Fsp3) is 0.889. The van der Waals surface area contributed by atoms with Crippen LogP contribution in [-0.4, -0.2) is 34.4 Å². The van der Waals surface area contributed by atoms with Gasteiger partial charge in [-0.2, -0.15) is 0 Å². The van der Waals surface area contributed by atoms with E-state index in [0.717, 1.165) is 12.8 Å². The van der Waals surface area contributed by atoms with Gasteiger partial charge >= 0.3 is 5.97 Å². The molecule has 0 saturated carbocycles. The molecule has 0 aliphatic rings. The summed E-state index contributed by atoms with van der Waals surface area (Å²) in [5.41, 5.74) is 11.1. The Morgan fingerprint density at radius 1 is 1.43 bits per heavy atom. The molecule has 6 N–H and O–H groups in total. The van der Waals surface area contributed by atoms with Gasteiger partial charge in [0.25, 0.3) is 0 Å². The molecule has 14 heavy (non-hydrogen) atoms. The number of aliphatic hydroxyl groups excluding tert-OH is 1. The molecule has 0 rings (SSSR count). The van der Waals surface area contributed by atoms with Crippen LogP contribution in [-0.2, 0) is 4.79 Å². The summed E-state index contributed by atoms with van der Waals surface area (Å²) in [6.07, 6.45) is 0.713. The van der Waals surface area contributed by atoms with E-state index in [1.165, 1.54) is 6.92 Å². The van der Waals surface area contributed by atoms with E-state index < -0.39 is 12.1 Å². The SMILES string of the molecule is CC(O)C(=O)O.CCC(N)(CC)CN. The lowest BCUT2D eigenvalue weighted by molar-refractivity contribution is -0.145. The number of carboxylic acid groups (broad SMARTS) is 1. The molecular formula is C9H22N2O3. The normalized spacial score (nSPS) is 12.7. The van der Waals surface area contributed by atoms with Crippen LogP contribution in [0.1, 0.15) is 33.6 Å². The molecule has 0 aliphatic carbocycles. The summed E-state index contributed by atoms with van der Waals surface area (Å²) in [6, 6.07) is 0. The zero-order valence-corrected chi connectivity index (χ0v) is 9.16. The minimum atomic E-state index is -1.23. The number of aliphatic hydroxyl groups is 1. The molecule has 0 aromatic carbocycles. The lowest BCUT2D eigenvalue weighted by atomic mass is 9.95. The highest BCUT2D eigenvalue weighted by molar-refractivity contribution is 5.71. The van der Waals surface area contributed by atoms with Crippen molar-refractivity contribution in [2.75, 3.05) is 6.54 Å². The summed E-state index contributed by atoms with van der Waals surface area (Å²) in [7, 11) is 0. The zero-order valence-electron chi connectivity index (χ0n) is 9.16. The molecule has 0 aromatic rings. The number of rotatable bonds is 4. The van der Waals surface area contributed by atoms with Crippen molar-refractivity contribution < 1.29 is 15.0 Å². The van der Waals surface area contributed by atoms with Gasteiger partial charge in [0.2, 0.25) is 0 Å². The highest BCUT2D eigenvalue weighted by Crippen LogP contribution is 2.07. The van der Waals surface area contributed by atoms with Gasteiger partial charge in [-0.3, -0.25) is 0 Å². The van der Waals surface area contributed by atoms with Gasteiger partial charge in [-0.1, -0.05) is 13.8 Å². The Kier molecular flexibility index (Phi) is 8.72. The molecule has 0 aliphatic heterocycles. The second kappa shape index (κ2) is 7.73. The Labute approximate surface area is 85.1 Å². The van der Waals surface area contributed by atoms with E-state index in [0.29, 0.717) is 6.54 Å². The van der Waals surface area contributed by atoms with E-state index in [9.17, 15) is 4.79 Å². The summed E-state index contributed by atoms with van der Waals surface area (Å²) in [5.74, 6) is -1.19. The first-order valence-corrected chi connectivity index (χ1v) is 4.72. The van der Waals surface area contributed by atoms with Crippen molar-refractivity contribution in [3.63, 3.8) is 0 Å². The van der Waals surface area contributed by atoms with E-state index in [2.05, 4.69) is 13.8 Å². The van der Waals surface area contributed by atoms with E-state index in [1.54, 1.807) is 0 Å². The molecule has 0 heterocycles. The third kappa shape index (κ3) is 7.97. The lowest BCUT2D eigenvalue weighted by Gasteiger charge is -2.23. The van der Waals surface area contributed by atoms with E-state index in [4.69, 9.17) is 21.7 Å². The number of carboxylic acids is 1. The second-order valence-corrected chi connectivity index (χ2v) is 3.29. The van der Waals surface area contributed by atoms with Crippen LogP contribution >= 0.6 is 0 Å². The van der Waals surface area contributed by atoms with Crippen molar-refractivity contribution in [3.05, 3.63) is 0 Å². The van der Waals surface area contributed by atoms with E-state index in [-0.39, 0.29) is 5.54 Å². The molecule has 5 nitrogen and oxygen atoms in total. The van der Waals surface area contributed by atoms with Crippen LogP contribution in [0.15, 0.2) is 0 Å². The Bertz CT molecular complexity index is 148. The number of carbonyl (C=O) groups is 1. The summed E-state index contributed by atoms with van der Waals surface area (Å²) in [5, 5.41) is 15.8. The summed E-state index contributed by atoms with van der Waals surface area (Å²) < 4.78 is 0. The van der Waals surface area contributed by atoms with Crippen LogP contribution in [0.3, 0.4) is 0 Å². The summed E-state index contributed by atoms with van der Waals surface area (Å²) >= 11 is 0. The number of nitrogens with two attached hydrogens (primary N) is 2. The Balaban J connectivity index is 0. The molecule has 0 fully saturated rings. The van der Waals surface area contributed by atoms with E-state index in [1.807, 2.05) is 0 Å². The lowest BCUT2D eigenvalue weighted by Crippen LogP contribution is -2.45. The Hall–Kier alpha value is -0.650. The summed E-state index contributed by atoms with van der Waals surface area (Å²) in [4.78, 5) is 9.45. The van der Waals surface area contributed by atoms with Crippen LogP contribution < -0.4 is 11.5 Å². The zero-order chi connectivity index (χ0) is 11.8. The number of aliphatic carboxylic acids is 1. The molecule has 0 amide bonds. The van der Waals surface area contributed by atoms with Crippen LogP contribution in [0, 0.1) is 0 Å². The van der Waals surface area contributed by atoms with Crippen molar-refractivity contribution >= 4 is 5.97 Å². The third-order valence-corrected chi connectivity index (χ3v) is 2.17. The molecule has 86 valence electrons. The van der Waals surface area contributed by atoms with Crippen molar-refractivity contribution in [2.45, 2.75) is 45.3 Å². The van der Waals surface area contributed by atoms with Gasteiger partial charge in [0.05, 0.1) is 0 Å². The first-order valence-electron chi connectivity index (χ1n) is 4.72. The maximum atomic E-state index is 9.45. The predicted octanol–water partition coefficient (Wildman–Crippen LogP) is -0.0856. The molecule has 0 radical (unpaired) electrons. The Morgan fingerprint density at radius 2 is 1.71 bits per heavy atom. The van der Waals surface area contributed by atoms with Crippen molar-refractivity contribution in [1.29, 1.82) is 0 Å². The first kappa shape index (κ1) is 15.8. The molecule has 1 unspecified atom stereocenters. The number of hydrogen-bond acceptors (Lipinski definition) is 4. The highest BCUT2D eigenvalue weighted by atomic mass is 16.4. The van der Waals surface area contributed by atoms with Gasteiger partial charge in [0.15, 0.2) is 0 Å². The average molecular weight is 206 g/mol. The number of hydrogen-bond donors (Lipinski definition) is 4. The maximum absolute atomic E-state index is 9.45. The van der Waals surface area contributed by atoms with Crippen molar-refractivity contribution in [3.8, 4) is 0 Å². The van der Waals surface area contributed by atoms with Crippen LogP contribution in [0.2, 0.25) is 0 Å². The second-order valence-electron chi connectivity index (χ2n) is 3.29. The van der Waals surface area contributed by atoms with E-state index >= 15 is 0 Å². The highest BCUT2D eigenvalue weighted by Gasteiger charge is 2.16. The summed E-state index contributed by atoms with van der Waals surface area (Å²) in [6.45, 7) is 5.93. The van der Waals surface area contributed by atoms with Gasteiger partial charge in [0, 0.05) is 12.1 Å². The van der Waals surface area contributed by atoms with Crippen LogP contribution in [0.4, 0.5) is 0 Å². The van der Waals surface area contributed by atoms with Gasteiger partial charge in [-0.25, -0.2) is 4.79 Å². The molecular weight excluding hydrogens is 184 g/mol. The van der Waals surface area contributed by atoms with Gasteiger partial charge in [0.1, 0.15) is 6.10 Å². The molecule has 1 atom stereocenters. The molecule has 0 bridgehead atoms. The predicted molar refractivity (Wildman–Crippen MR) is 55.9 cm³/mol. The first-order chi connectivity index (χ1) is 6.32. The van der Waals surface area contributed by atoms with Crippen molar-refractivity contribution in [1.82, 2.24) is 0 Å². The smallest absolute Gasteiger partial charge is 0.332 e. The van der Waals surface area contributed by atoms with Gasteiger partial charge < -0.3 is 21.7 Å². The third-order valence-electron chi connectivity index (χ3n) is 2.17. The van der Waals surface area contributed by atoms with Crippen LogP contribution in [0.5, 0.6) is 0 Å². The minimum Gasteiger partial charge on any atom is -0.479 e. The monoisotopic (exact) mass is 206 g/mol. The fourth-order valence-corrected chi connectivity index (χ4v) is 0.539. The maximum Gasteiger partial charge on any atom is 0.332 e. The standard InChI is InChI=1S/C6H16N2.C3H6O3/c1-3-6(8,4-2)5-7;1-2(4)3(5)6/h3-5,7-8H2,1-2H3;2,4H,1H3,(H,5,6). The molecule has 5 heteroatoms. The quantitative estimate of drug-likeness (QED) is 0.514. The minimum absolute atomic E-state index is 0.0972. The largest absolute Gasteiger partial charge is 0.479 e. The molecule has 0 spiro atoms. The average Bonchev–Trinajstić information content (AvgIpc) is 2.17. The Morgan fingerprint density at radius 3 is 1.71 bits per heavy atom. The fourth-order valence-electron chi connectivity index (χ4n) is 0.539. The van der Waals surface area contributed by atoms with Gasteiger partial charge in [-0.15, -0.1) is 0 Å². The topological polar surface area (TPSA) is 110 Å². The van der Waals surface area contributed by atoms with Gasteiger partial charge in [-0.05, 0) is 19.8 Å². The molecule has 0 saturated heterocycles. The van der Waals surface area contributed by atoms with Crippen LogP contribution in [0.25, 0.3) is 0 Å².